The Hall–Kier alpha value is -0.0800. The summed E-state index contributed by atoms with van der Waals surface area (Å²) >= 11 is 0. The van der Waals surface area contributed by atoms with Crippen molar-refractivity contribution in [2.75, 3.05) is 14.2 Å². The summed E-state index contributed by atoms with van der Waals surface area (Å²) < 4.78 is 11.7. The highest BCUT2D eigenvalue weighted by Gasteiger charge is 2.50. The molecule has 1 saturated carbocycles. The third-order valence-corrected chi connectivity index (χ3v) is 5.69. The fraction of sp³-hybridized carbons (Fsp3) is 1.00. The Labute approximate surface area is 120 Å². The van der Waals surface area contributed by atoms with Crippen molar-refractivity contribution in [3.05, 3.63) is 0 Å². The molecule has 0 aromatic heterocycles. The number of hydrogen-bond acceptors (Lipinski definition) is 2. The number of hydrogen-bond donors (Lipinski definition) is 0. The Morgan fingerprint density at radius 2 is 1.95 bits per heavy atom. The maximum atomic E-state index is 5.96. The quantitative estimate of drug-likeness (QED) is 0.669. The van der Waals surface area contributed by atoms with Gasteiger partial charge in [0.05, 0.1) is 11.2 Å². The number of rotatable bonds is 7. The zero-order valence-electron chi connectivity index (χ0n) is 14.1. The first-order chi connectivity index (χ1) is 8.79. The largest absolute Gasteiger partial charge is 0.378 e. The Morgan fingerprint density at radius 1 is 1.32 bits per heavy atom. The molecule has 0 heterocycles. The van der Waals surface area contributed by atoms with Crippen LogP contribution in [0.1, 0.15) is 66.7 Å². The van der Waals surface area contributed by atoms with E-state index in [2.05, 4.69) is 34.6 Å². The minimum absolute atomic E-state index is 0.00456. The zero-order chi connectivity index (χ0) is 14.7. The normalized spacial score (nSPS) is 34.7. The molecule has 0 amide bonds. The van der Waals surface area contributed by atoms with Gasteiger partial charge in [0, 0.05) is 14.2 Å². The summed E-state index contributed by atoms with van der Waals surface area (Å²) in [5.41, 5.74) is 0.0348. The van der Waals surface area contributed by atoms with E-state index in [0.717, 1.165) is 18.8 Å². The Morgan fingerprint density at radius 3 is 2.37 bits per heavy atom. The summed E-state index contributed by atoms with van der Waals surface area (Å²) in [6.07, 6.45) is 6.09. The second-order valence-corrected chi connectivity index (χ2v) is 7.25. The lowest BCUT2D eigenvalue weighted by molar-refractivity contribution is -0.0910. The summed E-state index contributed by atoms with van der Waals surface area (Å²) in [5.74, 6) is 1.95. The van der Waals surface area contributed by atoms with Crippen molar-refractivity contribution in [1.29, 1.82) is 0 Å². The van der Waals surface area contributed by atoms with Gasteiger partial charge in [-0.05, 0) is 50.9 Å². The molecule has 0 bridgehead atoms. The van der Waals surface area contributed by atoms with E-state index in [9.17, 15) is 0 Å². The molecule has 0 aromatic rings. The van der Waals surface area contributed by atoms with Gasteiger partial charge in [-0.15, -0.1) is 0 Å². The van der Waals surface area contributed by atoms with E-state index in [4.69, 9.17) is 9.47 Å². The van der Waals surface area contributed by atoms with Gasteiger partial charge in [-0.3, -0.25) is 0 Å². The lowest BCUT2D eigenvalue weighted by Gasteiger charge is -2.40. The molecular weight excluding hydrogens is 236 g/mol. The SMILES string of the molecule is CO[C@](C)(CCCC(C)C)[C@@H]1CC[C@@](C)(OC)[C@H]1C. The van der Waals surface area contributed by atoms with Crippen LogP contribution in [0.5, 0.6) is 0 Å². The molecule has 0 spiro atoms. The van der Waals surface area contributed by atoms with E-state index >= 15 is 0 Å². The van der Waals surface area contributed by atoms with Crippen molar-refractivity contribution in [3.63, 3.8) is 0 Å². The fourth-order valence-corrected chi connectivity index (χ4v) is 3.77. The van der Waals surface area contributed by atoms with Crippen molar-refractivity contribution >= 4 is 0 Å². The van der Waals surface area contributed by atoms with Crippen LogP contribution in [0.2, 0.25) is 0 Å². The van der Waals surface area contributed by atoms with Gasteiger partial charge in [-0.25, -0.2) is 0 Å². The fourth-order valence-electron chi connectivity index (χ4n) is 3.77. The minimum atomic E-state index is 0.00456. The molecule has 114 valence electrons. The summed E-state index contributed by atoms with van der Waals surface area (Å²) in [5, 5.41) is 0. The Bertz CT molecular complexity index is 276. The molecule has 1 aliphatic rings. The zero-order valence-corrected chi connectivity index (χ0v) is 14.1. The molecule has 1 fully saturated rings. The van der Waals surface area contributed by atoms with Crippen molar-refractivity contribution < 1.29 is 9.47 Å². The van der Waals surface area contributed by atoms with Crippen molar-refractivity contribution in [1.82, 2.24) is 0 Å². The summed E-state index contributed by atoms with van der Waals surface area (Å²) in [6, 6.07) is 0. The number of ether oxygens (including phenoxy) is 2. The monoisotopic (exact) mass is 270 g/mol. The van der Waals surface area contributed by atoms with Crippen LogP contribution in [-0.2, 0) is 9.47 Å². The third-order valence-electron chi connectivity index (χ3n) is 5.69. The number of methoxy groups -OCH3 is 2. The smallest absolute Gasteiger partial charge is 0.0682 e. The van der Waals surface area contributed by atoms with Gasteiger partial charge in [0.2, 0.25) is 0 Å². The van der Waals surface area contributed by atoms with E-state index in [0.29, 0.717) is 11.8 Å². The van der Waals surface area contributed by atoms with E-state index < -0.39 is 0 Å². The molecule has 0 N–H and O–H groups in total. The molecule has 2 nitrogen and oxygen atoms in total. The van der Waals surface area contributed by atoms with E-state index in [1.54, 1.807) is 0 Å². The van der Waals surface area contributed by atoms with Gasteiger partial charge < -0.3 is 9.47 Å². The van der Waals surface area contributed by atoms with Gasteiger partial charge in [0.15, 0.2) is 0 Å². The van der Waals surface area contributed by atoms with Crippen LogP contribution >= 0.6 is 0 Å². The Kier molecular flexibility index (Phi) is 5.88. The first-order valence-electron chi connectivity index (χ1n) is 7.89. The average molecular weight is 270 g/mol. The lowest BCUT2D eigenvalue weighted by Crippen LogP contribution is -2.43. The molecule has 0 saturated heterocycles. The van der Waals surface area contributed by atoms with Gasteiger partial charge in [-0.2, -0.15) is 0 Å². The molecule has 4 atom stereocenters. The van der Waals surface area contributed by atoms with E-state index in [1.807, 2.05) is 14.2 Å². The highest BCUT2D eigenvalue weighted by Crippen LogP contribution is 2.49. The minimum Gasteiger partial charge on any atom is -0.378 e. The molecule has 0 radical (unpaired) electrons. The summed E-state index contributed by atoms with van der Waals surface area (Å²) in [7, 11) is 3.73. The second kappa shape index (κ2) is 6.58. The molecule has 1 rings (SSSR count). The predicted molar refractivity (Wildman–Crippen MR) is 81.4 cm³/mol. The first-order valence-corrected chi connectivity index (χ1v) is 7.89. The van der Waals surface area contributed by atoms with Gasteiger partial charge >= 0.3 is 0 Å². The maximum absolute atomic E-state index is 5.96. The van der Waals surface area contributed by atoms with Crippen molar-refractivity contribution in [2.45, 2.75) is 77.9 Å². The molecule has 0 aliphatic heterocycles. The molecule has 1 aliphatic carbocycles. The van der Waals surface area contributed by atoms with E-state index in [1.165, 1.54) is 19.3 Å². The van der Waals surface area contributed by atoms with Gasteiger partial charge in [0.25, 0.3) is 0 Å². The first kappa shape index (κ1) is 17.0. The summed E-state index contributed by atoms with van der Waals surface area (Å²) in [6.45, 7) is 11.5. The predicted octanol–water partition coefficient (Wildman–Crippen LogP) is 4.67. The topological polar surface area (TPSA) is 18.5 Å². The average Bonchev–Trinajstić information content (AvgIpc) is 2.67. The molecule has 0 unspecified atom stereocenters. The molecule has 0 aromatic carbocycles. The van der Waals surface area contributed by atoms with Crippen LogP contribution in [0.15, 0.2) is 0 Å². The lowest BCUT2D eigenvalue weighted by atomic mass is 9.76. The standard InChI is InChI=1S/C17H34O2/c1-13(2)9-8-11-17(5,19-7)15-10-12-16(4,18-6)14(15)3/h13-15H,8-12H2,1-7H3/t14-,15+,16+,17+/m0/s1. The highest BCUT2D eigenvalue weighted by atomic mass is 16.5. The molecular formula is C17H34O2. The van der Waals surface area contributed by atoms with Crippen LogP contribution in [0.3, 0.4) is 0 Å². The van der Waals surface area contributed by atoms with Crippen LogP contribution < -0.4 is 0 Å². The maximum Gasteiger partial charge on any atom is 0.0682 e. The third kappa shape index (κ3) is 3.72. The van der Waals surface area contributed by atoms with Crippen LogP contribution in [-0.4, -0.2) is 25.4 Å². The van der Waals surface area contributed by atoms with Crippen LogP contribution in [0.4, 0.5) is 0 Å². The van der Waals surface area contributed by atoms with Crippen LogP contribution in [0.25, 0.3) is 0 Å². The van der Waals surface area contributed by atoms with Gasteiger partial charge in [-0.1, -0.05) is 33.6 Å². The molecule has 19 heavy (non-hydrogen) atoms. The molecule has 2 heteroatoms. The summed E-state index contributed by atoms with van der Waals surface area (Å²) in [4.78, 5) is 0. The van der Waals surface area contributed by atoms with Crippen LogP contribution in [0, 0.1) is 17.8 Å². The van der Waals surface area contributed by atoms with E-state index in [-0.39, 0.29) is 11.2 Å². The van der Waals surface area contributed by atoms with Gasteiger partial charge in [0.1, 0.15) is 0 Å². The highest BCUT2D eigenvalue weighted by molar-refractivity contribution is 5.00. The van der Waals surface area contributed by atoms with Crippen molar-refractivity contribution in [3.8, 4) is 0 Å². The van der Waals surface area contributed by atoms with Crippen molar-refractivity contribution in [2.24, 2.45) is 17.8 Å². The Balaban J connectivity index is 2.69. The second-order valence-electron chi connectivity index (χ2n) is 7.25.